The van der Waals surface area contributed by atoms with Crippen molar-refractivity contribution in [3.05, 3.63) is 82.9 Å². The smallest absolute Gasteiger partial charge is 0.277 e. The lowest BCUT2D eigenvalue weighted by Crippen LogP contribution is -2.29. The average molecular weight is 374 g/mol. The predicted octanol–water partition coefficient (Wildman–Crippen LogP) is 1.68. The lowest BCUT2D eigenvalue weighted by atomic mass is 10.2. The second-order valence-electron chi connectivity index (χ2n) is 6.29. The number of aryl methyl sites for hydroxylation is 1. The van der Waals surface area contributed by atoms with E-state index in [0.717, 1.165) is 11.3 Å². The molecule has 1 N–H and O–H groups in total. The van der Waals surface area contributed by atoms with Crippen LogP contribution >= 0.6 is 0 Å². The maximum atomic E-state index is 12.4. The minimum absolute atomic E-state index is 0.139. The van der Waals surface area contributed by atoms with Crippen LogP contribution in [0.2, 0.25) is 0 Å². The van der Waals surface area contributed by atoms with Crippen LogP contribution in [-0.4, -0.2) is 30.7 Å². The zero-order valence-corrected chi connectivity index (χ0v) is 15.0. The molecule has 0 spiro atoms. The van der Waals surface area contributed by atoms with Crippen LogP contribution < -0.4 is 10.9 Å². The summed E-state index contributed by atoms with van der Waals surface area (Å²) >= 11 is 0. The van der Waals surface area contributed by atoms with E-state index in [1.54, 1.807) is 35.1 Å². The number of carbonyl (C=O) groups is 1. The molecule has 4 aromatic rings. The van der Waals surface area contributed by atoms with E-state index in [0.29, 0.717) is 17.4 Å². The minimum Gasteiger partial charge on any atom is -0.352 e. The van der Waals surface area contributed by atoms with E-state index in [1.807, 2.05) is 36.5 Å². The van der Waals surface area contributed by atoms with Crippen LogP contribution in [0.4, 0.5) is 0 Å². The third kappa shape index (κ3) is 3.80. The number of carbonyl (C=O) groups excluding carboxylic acids is 1. The van der Waals surface area contributed by atoms with Crippen LogP contribution in [0, 0.1) is 0 Å². The van der Waals surface area contributed by atoms with Crippen molar-refractivity contribution >= 4 is 16.8 Å². The Morgan fingerprint density at radius 1 is 1.04 bits per heavy atom. The van der Waals surface area contributed by atoms with Gasteiger partial charge in [0.05, 0.1) is 23.8 Å². The second-order valence-corrected chi connectivity index (χ2v) is 6.29. The van der Waals surface area contributed by atoms with Crippen molar-refractivity contribution in [2.45, 2.75) is 19.5 Å². The van der Waals surface area contributed by atoms with E-state index in [2.05, 4.69) is 20.7 Å². The normalized spacial score (nSPS) is 10.9. The number of nitrogens with zero attached hydrogens (tertiary/aromatic N) is 5. The highest BCUT2D eigenvalue weighted by atomic mass is 16.2. The third-order valence-corrected chi connectivity index (χ3v) is 4.33. The molecular weight excluding hydrogens is 356 g/mol. The molecule has 0 unspecified atom stereocenters. The maximum Gasteiger partial charge on any atom is 0.277 e. The maximum absolute atomic E-state index is 12.4. The molecule has 0 aliphatic heterocycles. The first kappa shape index (κ1) is 17.6. The van der Waals surface area contributed by atoms with Crippen molar-refractivity contribution in [1.82, 2.24) is 30.1 Å². The van der Waals surface area contributed by atoms with Crippen molar-refractivity contribution in [2.24, 2.45) is 0 Å². The zero-order valence-electron chi connectivity index (χ0n) is 15.0. The molecule has 1 amide bonds. The van der Waals surface area contributed by atoms with E-state index in [4.69, 9.17) is 0 Å². The molecule has 28 heavy (non-hydrogen) atoms. The second kappa shape index (κ2) is 7.83. The molecule has 0 atom stereocenters. The Balaban J connectivity index is 1.34. The van der Waals surface area contributed by atoms with Crippen LogP contribution in [-0.2, 0) is 17.9 Å². The summed E-state index contributed by atoms with van der Waals surface area (Å²) in [6.45, 7) is 0.537. The summed E-state index contributed by atoms with van der Waals surface area (Å²) in [6, 6.07) is 16.7. The molecule has 4 rings (SSSR count). The number of rotatable bonds is 6. The topological polar surface area (TPSA) is 94.7 Å². The van der Waals surface area contributed by atoms with Gasteiger partial charge in [0.25, 0.3) is 5.56 Å². The molecule has 8 nitrogen and oxygen atoms in total. The summed E-state index contributed by atoms with van der Waals surface area (Å²) in [7, 11) is 0. The number of aromatic nitrogens is 5. The van der Waals surface area contributed by atoms with Gasteiger partial charge in [-0.3, -0.25) is 9.59 Å². The van der Waals surface area contributed by atoms with Gasteiger partial charge in [-0.1, -0.05) is 35.5 Å². The van der Waals surface area contributed by atoms with Crippen molar-refractivity contribution in [1.29, 1.82) is 0 Å². The highest BCUT2D eigenvalue weighted by Gasteiger charge is 2.08. The molecular formula is C20H18N6O2. The van der Waals surface area contributed by atoms with Gasteiger partial charge in [0.1, 0.15) is 5.52 Å². The number of nitrogens with one attached hydrogen (secondary N) is 1. The van der Waals surface area contributed by atoms with E-state index in [-0.39, 0.29) is 24.4 Å². The average Bonchev–Trinajstić information content (AvgIpc) is 3.22. The molecule has 0 radical (unpaired) electrons. The van der Waals surface area contributed by atoms with Gasteiger partial charge in [-0.05, 0) is 24.3 Å². The van der Waals surface area contributed by atoms with Gasteiger partial charge in [0.2, 0.25) is 5.91 Å². The lowest BCUT2D eigenvalue weighted by Gasteiger charge is -2.06. The van der Waals surface area contributed by atoms with Crippen molar-refractivity contribution in [3.8, 4) is 5.69 Å². The number of fused-ring (bicyclic) bond motifs is 1. The van der Waals surface area contributed by atoms with Crippen molar-refractivity contribution in [2.75, 3.05) is 0 Å². The Kier molecular flexibility index (Phi) is 4.92. The monoisotopic (exact) mass is 374 g/mol. The third-order valence-electron chi connectivity index (χ3n) is 4.33. The quantitative estimate of drug-likeness (QED) is 0.554. The number of amides is 1. The largest absolute Gasteiger partial charge is 0.352 e. The summed E-state index contributed by atoms with van der Waals surface area (Å²) < 4.78 is 2.97. The highest BCUT2D eigenvalue weighted by molar-refractivity contribution is 5.77. The van der Waals surface area contributed by atoms with Crippen LogP contribution in [0.25, 0.3) is 16.6 Å². The Hall–Kier alpha value is -3.81. The fourth-order valence-electron chi connectivity index (χ4n) is 2.84. The van der Waals surface area contributed by atoms with Crippen molar-refractivity contribution in [3.63, 3.8) is 0 Å². The van der Waals surface area contributed by atoms with Gasteiger partial charge in [-0.25, -0.2) is 9.36 Å². The van der Waals surface area contributed by atoms with E-state index >= 15 is 0 Å². The van der Waals surface area contributed by atoms with Crippen LogP contribution in [0.3, 0.4) is 0 Å². The van der Waals surface area contributed by atoms with Crippen molar-refractivity contribution < 1.29 is 4.79 Å². The molecule has 2 aromatic heterocycles. The zero-order chi connectivity index (χ0) is 19.3. The molecule has 2 heterocycles. The van der Waals surface area contributed by atoms with E-state index in [1.165, 1.54) is 4.68 Å². The number of hydrogen-bond donors (Lipinski definition) is 1. The standard InChI is InChI=1S/C20H18N6O2/c27-19(10-11-25-20(28)17-8-4-5-9-18(17)23-24-25)21-12-15-13-22-26(14-15)16-6-2-1-3-7-16/h1-9,13-14H,10-12H2,(H,21,27). The summed E-state index contributed by atoms with van der Waals surface area (Å²) in [6.07, 6.45) is 3.72. The first-order valence-electron chi connectivity index (χ1n) is 8.89. The number of hydrogen-bond acceptors (Lipinski definition) is 5. The SMILES string of the molecule is O=C(CCn1nnc2ccccc2c1=O)NCc1cnn(-c2ccccc2)c1. The summed E-state index contributed by atoms with van der Waals surface area (Å²) in [5, 5.41) is 15.5. The van der Waals surface area contributed by atoms with E-state index in [9.17, 15) is 9.59 Å². The summed E-state index contributed by atoms with van der Waals surface area (Å²) in [5.74, 6) is -0.172. The first-order valence-corrected chi connectivity index (χ1v) is 8.89. The molecule has 0 fully saturated rings. The fraction of sp³-hybridized carbons (Fsp3) is 0.150. The van der Waals surface area contributed by atoms with Gasteiger partial charge in [-0.2, -0.15) is 5.10 Å². The number of para-hydroxylation sites is 1. The molecule has 0 bridgehead atoms. The molecule has 2 aromatic carbocycles. The Labute approximate surface area is 160 Å². The summed E-state index contributed by atoms with van der Waals surface area (Å²) in [4.78, 5) is 24.5. The van der Waals surface area contributed by atoms with Gasteiger partial charge in [0.15, 0.2) is 0 Å². The lowest BCUT2D eigenvalue weighted by molar-refractivity contribution is -0.121. The van der Waals surface area contributed by atoms with Gasteiger partial charge < -0.3 is 5.32 Å². The van der Waals surface area contributed by atoms with Crippen LogP contribution in [0.1, 0.15) is 12.0 Å². The van der Waals surface area contributed by atoms with Crippen LogP contribution in [0.5, 0.6) is 0 Å². The molecule has 0 saturated carbocycles. The molecule has 0 aliphatic carbocycles. The molecule has 8 heteroatoms. The summed E-state index contributed by atoms with van der Waals surface area (Å²) in [5.41, 5.74) is 2.14. The van der Waals surface area contributed by atoms with Crippen LogP contribution in [0.15, 0.2) is 71.8 Å². The Bertz CT molecular complexity index is 1170. The minimum atomic E-state index is -0.248. The Morgan fingerprint density at radius 2 is 1.82 bits per heavy atom. The number of benzene rings is 2. The molecule has 0 aliphatic rings. The highest BCUT2D eigenvalue weighted by Crippen LogP contribution is 2.07. The molecule has 140 valence electrons. The van der Waals surface area contributed by atoms with Gasteiger partial charge >= 0.3 is 0 Å². The van der Waals surface area contributed by atoms with Gasteiger partial charge in [-0.15, -0.1) is 5.10 Å². The van der Waals surface area contributed by atoms with Gasteiger partial charge in [0, 0.05) is 24.7 Å². The Morgan fingerprint density at radius 3 is 2.68 bits per heavy atom. The first-order chi connectivity index (χ1) is 13.7. The van der Waals surface area contributed by atoms with E-state index < -0.39 is 0 Å². The fourth-order valence-corrected chi connectivity index (χ4v) is 2.84. The predicted molar refractivity (Wildman–Crippen MR) is 104 cm³/mol. The molecule has 0 saturated heterocycles.